The van der Waals surface area contributed by atoms with Crippen molar-refractivity contribution in [1.82, 2.24) is 9.80 Å². The SMILES string of the molecule is CN1CCCC1CCOC(C)(c1ccccc1)c1ccc(Cl)cc1.Cl.ClCCN(CCCl)CCCl.O=C(O)C=CC(=O)O. The zero-order chi connectivity index (χ0) is 31.4. The van der Waals surface area contributed by atoms with E-state index in [0.29, 0.717) is 35.8 Å². The van der Waals surface area contributed by atoms with Gasteiger partial charge >= 0.3 is 11.9 Å². The fourth-order valence-corrected chi connectivity index (χ4v) is 5.28. The standard InChI is InChI=1S/C21H26ClNO.C6H12Cl3N.C4H4O4.ClH/c1-21(17-7-4-3-5-8-17,18-10-12-19(22)13-11-18)24-16-14-20-9-6-15-23(20)2;7-1-4-10(5-2-8)6-3-9;5-3(6)1-2-4(7)8;/h3-5,7-8,10-13,20H,6,9,14-16H2,1-2H3;1-6H2;1-2H,(H,5,6)(H,7,8);1H. The Hall–Kier alpha value is -1.55. The Morgan fingerprint density at radius 2 is 1.42 bits per heavy atom. The molecule has 0 radical (unpaired) electrons. The number of benzene rings is 2. The van der Waals surface area contributed by atoms with Crippen LogP contribution in [0.15, 0.2) is 66.7 Å². The van der Waals surface area contributed by atoms with Gasteiger partial charge in [0.1, 0.15) is 5.60 Å². The van der Waals surface area contributed by atoms with Crippen LogP contribution >= 0.6 is 58.8 Å². The molecule has 1 aliphatic heterocycles. The number of alkyl halides is 3. The van der Waals surface area contributed by atoms with Gasteiger partial charge in [0.25, 0.3) is 0 Å². The van der Waals surface area contributed by atoms with Crippen LogP contribution in [0.1, 0.15) is 37.3 Å². The molecule has 1 saturated heterocycles. The number of hydrogen-bond acceptors (Lipinski definition) is 5. The van der Waals surface area contributed by atoms with Crippen LogP contribution in [0, 0.1) is 0 Å². The van der Waals surface area contributed by atoms with Crippen molar-refractivity contribution in [3.63, 3.8) is 0 Å². The van der Waals surface area contributed by atoms with E-state index in [-0.39, 0.29) is 12.4 Å². The van der Waals surface area contributed by atoms with Gasteiger partial charge in [-0.25, -0.2) is 9.59 Å². The third kappa shape index (κ3) is 16.9. The number of rotatable bonds is 14. The van der Waals surface area contributed by atoms with Crippen molar-refractivity contribution < 1.29 is 24.5 Å². The molecular weight excluding hydrogens is 658 g/mol. The molecule has 12 heteroatoms. The van der Waals surface area contributed by atoms with Crippen LogP contribution < -0.4 is 0 Å². The summed E-state index contributed by atoms with van der Waals surface area (Å²) in [6.07, 6.45) is 4.77. The van der Waals surface area contributed by atoms with Crippen molar-refractivity contribution in [2.24, 2.45) is 0 Å². The quantitative estimate of drug-likeness (QED) is 0.159. The molecule has 7 nitrogen and oxygen atoms in total. The Morgan fingerprint density at radius 1 is 0.930 bits per heavy atom. The number of nitrogens with zero attached hydrogens (tertiary/aromatic N) is 2. The minimum atomic E-state index is -1.26. The van der Waals surface area contributed by atoms with E-state index in [9.17, 15) is 9.59 Å². The summed E-state index contributed by atoms with van der Waals surface area (Å²) in [6.45, 7) is 6.74. The maximum atomic E-state index is 9.55. The van der Waals surface area contributed by atoms with E-state index in [1.165, 1.54) is 24.9 Å². The number of aliphatic carboxylic acids is 2. The van der Waals surface area contributed by atoms with Crippen LogP contribution in [0.2, 0.25) is 5.02 Å². The number of carbonyl (C=O) groups is 2. The highest BCUT2D eigenvalue weighted by atomic mass is 35.5. The second kappa shape index (κ2) is 23.8. The Balaban J connectivity index is 0.000000773. The van der Waals surface area contributed by atoms with Gasteiger partial charge in [0.05, 0.1) is 0 Å². The van der Waals surface area contributed by atoms with Crippen molar-refractivity contribution in [3.05, 3.63) is 82.9 Å². The van der Waals surface area contributed by atoms with E-state index in [1.54, 1.807) is 0 Å². The number of likely N-dealkylation sites (tertiary alicyclic amines) is 1. The lowest BCUT2D eigenvalue weighted by Gasteiger charge is -2.32. The van der Waals surface area contributed by atoms with E-state index in [0.717, 1.165) is 43.2 Å². The fourth-order valence-electron chi connectivity index (χ4n) is 4.44. The maximum Gasteiger partial charge on any atom is 0.328 e. The van der Waals surface area contributed by atoms with Crippen LogP contribution in [0.5, 0.6) is 0 Å². The van der Waals surface area contributed by atoms with Crippen molar-refractivity contribution >= 4 is 70.7 Å². The molecule has 2 aromatic rings. The zero-order valence-corrected chi connectivity index (χ0v) is 28.5. The highest BCUT2D eigenvalue weighted by Crippen LogP contribution is 2.34. The Bertz CT molecular complexity index is 1030. The Kier molecular flexibility index (Phi) is 22.9. The topological polar surface area (TPSA) is 90.3 Å². The molecule has 2 N–H and O–H groups in total. The summed E-state index contributed by atoms with van der Waals surface area (Å²) >= 11 is 22.7. The fraction of sp³-hybridized carbons (Fsp3) is 0.484. The van der Waals surface area contributed by atoms with Gasteiger partial charge in [-0.05, 0) is 63.0 Å². The minimum Gasteiger partial charge on any atom is -0.478 e. The summed E-state index contributed by atoms with van der Waals surface area (Å²) in [4.78, 5) is 23.7. The highest BCUT2D eigenvalue weighted by Gasteiger charge is 2.30. The monoisotopic (exact) mass is 698 g/mol. The summed E-state index contributed by atoms with van der Waals surface area (Å²) < 4.78 is 6.48. The number of halogens is 5. The first-order valence-corrected chi connectivity index (χ1v) is 15.8. The molecule has 0 saturated carbocycles. The van der Waals surface area contributed by atoms with E-state index < -0.39 is 17.5 Å². The van der Waals surface area contributed by atoms with Gasteiger partial charge in [-0.15, -0.1) is 47.2 Å². The summed E-state index contributed by atoms with van der Waals surface area (Å²) in [5, 5.41) is 16.4. The first kappa shape index (κ1) is 41.4. The molecule has 1 aliphatic rings. The lowest BCUT2D eigenvalue weighted by molar-refractivity contribution is -0.134. The van der Waals surface area contributed by atoms with Gasteiger partial charge in [-0.2, -0.15) is 0 Å². The lowest BCUT2D eigenvalue weighted by atomic mass is 9.88. The van der Waals surface area contributed by atoms with Gasteiger partial charge < -0.3 is 19.8 Å². The third-order valence-corrected chi connectivity index (χ3v) is 7.56. The molecule has 3 rings (SSSR count). The summed E-state index contributed by atoms with van der Waals surface area (Å²) in [5.41, 5.74) is 1.85. The van der Waals surface area contributed by atoms with E-state index >= 15 is 0 Å². The average molecular weight is 701 g/mol. The molecule has 2 unspecified atom stereocenters. The summed E-state index contributed by atoms with van der Waals surface area (Å²) in [5.74, 6) is -0.574. The largest absolute Gasteiger partial charge is 0.478 e. The van der Waals surface area contributed by atoms with E-state index in [1.807, 2.05) is 18.2 Å². The molecule has 0 aromatic heterocycles. The Morgan fingerprint density at radius 3 is 1.84 bits per heavy atom. The number of carboxylic acids is 2. The molecule has 43 heavy (non-hydrogen) atoms. The first-order valence-electron chi connectivity index (χ1n) is 13.8. The van der Waals surface area contributed by atoms with Crippen molar-refractivity contribution in [2.75, 3.05) is 57.5 Å². The van der Waals surface area contributed by atoms with Crippen molar-refractivity contribution in [3.8, 4) is 0 Å². The smallest absolute Gasteiger partial charge is 0.328 e. The van der Waals surface area contributed by atoms with Gasteiger partial charge in [0.15, 0.2) is 0 Å². The predicted octanol–water partition coefficient (Wildman–Crippen LogP) is 7.24. The number of hydrogen-bond donors (Lipinski definition) is 2. The average Bonchev–Trinajstić information content (AvgIpc) is 3.38. The van der Waals surface area contributed by atoms with E-state index in [4.69, 9.17) is 61.4 Å². The van der Waals surface area contributed by atoms with Crippen LogP contribution in [0.3, 0.4) is 0 Å². The molecule has 0 spiro atoms. The van der Waals surface area contributed by atoms with Crippen LogP contribution in [-0.4, -0.2) is 95.5 Å². The molecule has 0 amide bonds. The van der Waals surface area contributed by atoms with Crippen LogP contribution in [0.25, 0.3) is 0 Å². The minimum absolute atomic E-state index is 0. The Labute approximate surface area is 282 Å². The molecule has 1 heterocycles. The second-order valence-corrected chi connectivity index (χ2v) is 11.3. The second-order valence-electron chi connectivity index (χ2n) is 9.74. The maximum absolute atomic E-state index is 9.55. The normalized spacial score (nSPS) is 15.9. The summed E-state index contributed by atoms with van der Waals surface area (Å²) in [6, 6.07) is 19.1. The molecule has 0 bridgehead atoms. The molecular formula is C31H43Cl5N2O5. The lowest BCUT2D eigenvalue weighted by Crippen LogP contribution is -2.31. The van der Waals surface area contributed by atoms with Gasteiger partial charge in [-0.3, -0.25) is 4.90 Å². The van der Waals surface area contributed by atoms with E-state index in [2.05, 4.69) is 60.2 Å². The predicted molar refractivity (Wildman–Crippen MR) is 181 cm³/mol. The van der Waals surface area contributed by atoms with Gasteiger partial charge in [0.2, 0.25) is 0 Å². The molecule has 1 fully saturated rings. The third-order valence-electron chi connectivity index (χ3n) is 6.80. The van der Waals surface area contributed by atoms with Gasteiger partial charge in [-0.1, -0.05) is 54.1 Å². The van der Waals surface area contributed by atoms with Crippen LogP contribution in [-0.2, 0) is 19.9 Å². The first-order chi connectivity index (χ1) is 20.1. The zero-order valence-electron chi connectivity index (χ0n) is 24.6. The highest BCUT2D eigenvalue weighted by molar-refractivity contribution is 6.30. The number of carboxylic acid groups (broad SMARTS) is 2. The molecule has 2 aromatic carbocycles. The summed E-state index contributed by atoms with van der Waals surface area (Å²) in [7, 11) is 2.22. The molecule has 242 valence electrons. The van der Waals surface area contributed by atoms with Crippen molar-refractivity contribution in [2.45, 2.75) is 37.8 Å². The molecule has 2 atom stereocenters. The van der Waals surface area contributed by atoms with Crippen LogP contribution in [0.4, 0.5) is 0 Å². The van der Waals surface area contributed by atoms with Crippen molar-refractivity contribution in [1.29, 1.82) is 0 Å². The number of ether oxygens (including phenoxy) is 1. The molecule has 0 aliphatic carbocycles. The van der Waals surface area contributed by atoms with Gasteiger partial charge in [0, 0.05) is 67.1 Å².